The average Bonchev–Trinajstić information content (AvgIpc) is 3.10. The molecule has 0 fully saturated rings. The molecule has 0 N–H and O–H groups in total. The molecule has 0 saturated heterocycles. The van der Waals surface area contributed by atoms with Gasteiger partial charge in [-0.2, -0.15) is 0 Å². The van der Waals surface area contributed by atoms with Crippen LogP contribution in [0.15, 0.2) is 107 Å². The van der Waals surface area contributed by atoms with Gasteiger partial charge in [0.05, 0.1) is 17.8 Å². The number of benzene rings is 3. The van der Waals surface area contributed by atoms with Gasteiger partial charge in [-0.05, 0) is 35.4 Å². The summed E-state index contributed by atoms with van der Waals surface area (Å²) in [6, 6.07) is 26.3. The van der Waals surface area contributed by atoms with Gasteiger partial charge < -0.3 is 4.90 Å². The highest BCUT2D eigenvalue weighted by Crippen LogP contribution is 2.29. The van der Waals surface area contributed by atoms with Crippen LogP contribution in [0.1, 0.15) is 23.2 Å². The lowest BCUT2D eigenvalue weighted by molar-refractivity contribution is 0.402. The van der Waals surface area contributed by atoms with Crippen molar-refractivity contribution in [3.8, 4) is 5.69 Å². The topological polar surface area (TPSA) is 52.2 Å². The van der Waals surface area contributed by atoms with Crippen LogP contribution < -0.4 is 16.3 Å². The van der Waals surface area contributed by atoms with Crippen molar-refractivity contribution < 1.29 is 0 Å². The third-order valence-electron chi connectivity index (χ3n) is 5.92. The molecule has 5 rings (SSSR count). The van der Waals surface area contributed by atoms with E-state index < -0.39 is 0 Å². The third kappa shape index (κ3) is 3.21. The molecular weight excluding hydrogens is 400 g/mol. The second-order valence-corrected chi connectivity index (χ2v) is 8.10. The Morgan fingerprint density at radius 1 is 0.625 bits per heavy atom. The summed E-state index contributed by atoms with van der Waals surface area (Å²) in [7, 11) is 3.90. The van der Waals surface area contributed by atoms with E-state index in [1.54, 1.807) is 9.36 Å². The van der Waals surface area contributed by atoms with Crippen molar-refractivity contribution in [3.63, 3.8) is 0 Å². The minimum atomic E-state index is -0.362. The Morgan fingerprint density at radius 2 is 1.06 bits per heavy atom. The minimum Gasteiger partial charge on any atom is -0.378 e. The van der Waals surface area contributed by atoms with Crippen molar-refractivity contribution in [1.29, 1.82) is 0 Å². The molecule has 2 atom stereocenters. The zero-order valence-electron chi connectivity index (χ0n) is 18.0. The molecule has 0 radical (unpaired) electrons. The van der Waals surface area contributed by atoms with Crippen molar-refractivity contribution >= 4 is 5.69 Å². The van der Waals surface area contributed by atoms with E-state index in [1.807, 2.05) is 116 Å². The number of hydrogen-bond acceptors (Lipinski definition) is 3. The number of fused-ring (bicyclic) bond motifs is 1. The Labute approximate surface area is 185 Å². The smallest absolute Gasteiger partial charge is 0.352 e. The quantitative estimate of drug-likeness (QED) is 0.470. The van der Waals surface area contributed by atoms with Crippen LogP contribution in [0, 0.1) is 0 Å². The lowest BCUT2D eigenvalue weighted by Crippen LogP contribution is -2.36. The monoisotopic (exact) mass is 424 g/mol. The molecule has 160 valence electrons. The predicted octanol–water partition coefficient (Wildman–Crippen LogP) is 3.62. The van der Waals surface area contributed by atoms with Crippen LogP contribution in [0.25, 0.3) is 5.69 Å². The highest BCUT2D eigenvalue weighted by molar-refractivity contribution is 5.49. The second kappa shape index (κ2) is 7.89. The Bertz CT molecular complexity index is 1300. The lowest BCUT2D eigenvalue weighted by atomic mass is 10.0. The van der Waals surface area contributed by atoms with E-state index in [1.165, 1.54) is 4.57 Å². The van der Waals surface area contributed by atoms with E-state index in [2.05, 4.69) is 0 Å². The molecule has 32 heavy (non-hydrogen) atoms. The molecule has 1 aliphatic heterocycles. The zero-order valence-corrected chi connectivity index (χ0v) is 18.0. The van der Waals surface area contributed by atoms with Crippen molar-refractivity contribution in [3.05, 3.63) is 129 Å². The van der Waals surface area contributed by atoms with Crippen molar-refractivity contribution in [1.82, 2.24) is 13.9 Å². The maximum atomic E-state index is 13.7. The van der Waals surface area contributed by atoms with E-state index >= 15 is 0 Å². The van der Waals surface area contributed by atoms with Crippen molar-refractivity contribution in [2.45, 2.75) is 12.1 Å². The van der Waals surface area contributed by atoms with Gasteiger partial charge in [0.2, 0.25) is 0 Å². The molecule has 4 aromatic rings. The van der Waals surface area contributed by atoms with Crippen LogP contribution >= 0.6 is 0 Å². The van der Waals surface area contributed by atoms with Gasteiger partial charge in [0.15, 0.2) is 0 Å². The number of hydrogen-bond donors (Lipinski definition) is 0. The maximum absolute atomic E-state index is 13.7. The Balaban J connectivity index is 1.74. The molecule has 0 unspecified atom stereocenters. The molecule has 6 nitrogen and oxygen atoms in total. The molecule has 2 heterocycles. The summed E-state index contributed by atoms with van der Waals surface area (Å²) < 4.78 is 4.42. The first-order valence-electron chi connectivity index (χ1n) is 10.6. The SMILES string of the molecule is CN(C)c1ccc(-n2c(=O)n3n(c2=O)[C@H](c2ccccc2)C=C[C@@H]3c2ccccc2)cc1. The van der Waals surface area contributed by atoms with E-state index in [9.17, 15) is 9.59 Å². The fraction of sp³-hybridized carbons (Fsp3) is 0.154. The van der Waals surface area contributed by atoms with Gasteiger partial charge in [-0.3, -0.25) is 0 Å². The molecule has 0 aliphatic carbocycles. The van der Waals surface area contributed by atoms with Gasteiger partial charge in [0.1, 0.15) is 0 Å². The van der Waals surface area contributed by atoms with E-state index in [0.29, 0.717) is 5.69 Å². The first-order valence-corrected chi connectivity index (χ1v) is 10.6. The van der Waals surface area contributed by atoms with Crippen LogP contribution in [0.2, 0.25) is 0 Å². The van der Waals surface area contributed by atoms with Gasteiger partial charge in [-0.25, -0.2) is 23.5 Å². The number of rotatable bonds is 4. The standard InChI is InChI=1S/C26H24N4O2/c1-27(2)21-13-15-22(16-14-21)28-25(31)29-23(19-9-5-3-6-10-19)17-18-24(30(29)26(28)32)20-11-7-4-8-12-20/h3-18,23-24H,1-2H3/t23-,24+. The van der Waals surface area contributed by atoms with Crippen LogP contribution in [-0.4, -0.2) is 28.0 Å². The Hall–Kier alpha value is -4.06. The minimum absolute atomic E-state index is 0.355. The Morgan fingerprint density at radius 3 is 1.47 bits per heavy atom. The molecule has 6 heteroatoms. The van der Waals surface area contributed by atoms with Crippen LogP contribution in [0.4, 0.5) is 5.69 Å². The summed E-state index contributed by atoms with van der Waals surface area (Å²) in [4.78, 5) is 29.3. The van der Waals surface area contributed by atoms with Gasteiger partial charge in [0.25, 0.3) is 0 Å². The predicted molar refractivity (Wildman–Crippen MR) is 127 cm³/mol. The number of anilines is 1. The fourth-order valence-corrected chi connectivity index (χ4v) is 4.28. The molecule has 1 aromatic heterocycles. The molecule has 1 aliphatic rings. The third-order valence-corrected chi connectivity index (χ3v) is 5.92. The highest BCUT2D eigenvalue weighted by Gasteiger charge is 2.30. The second-order valence-electron chi connectivity index (χ2n) is 8.10. The van der Waals surface area contributed by atoms with Crippen molar-refractivity contribution in [2.75, 3.05) is 19.0 Å². The average molecular weight is 425 g/mol. The number of allylic oxidation sites excluding steroid dienone is 2. The Kier molecular flexibility index (Phi) is 4.90. The molecular formula is C26H24N4O2. The summed E-state index contributed by atoms with van der Waals surface area (Å²) >= 11 is 0. The maximum Gasteiger partial charge on any atom is 0.352 e. The molecule has 3 aromatic carbocycles. The van der Waals surface area contributed by atoms with E-state index in [-0.39, 0.29) is 23.5 Å². The summed E-state index contributed by atoms with van der Waals surface area (Å²) in [6.07, 6.45) is 4.01. The molecule has 0 saturated carbocycles. The summed E-state index contributed by atoms with van der Waals surface area (Å²) in [6.45, 7) is 0. The van der Waals surface area contributed by atoms with E-state index in [0.717, 1.165) is 16.8 Å². The molecule has 0 bridgehead atoms. The normalized spacial score (nSPS) is 17.2. The van der Waals surface area contributed by atoms with Crippen LogP contribution in [-0.2, 0) is 0 Å². The highest BCUT2D eigenvalue weighted by atomic mass is 16.2. The van der Waals surface area contributed by atoms with E-state index in [4.69, 9.17) is 0 Å². The first-order chi connectivity index (χ1) is 15.6. The van der Waals surface area contributed by atoms with Crippen LogP contribution in [0.3, 0.4) is 0 Å². The largest absolute Gasteiger partial charge is 0.378 e. The summed E-state index contributed by atoms with van der Waals surface area (Å²) in [5.74, 6) is 0. The van der Waals surface area contributed by atoms with Gasteiger partial charge in [-0.1, -0.05) is 72.8 Å². The first kappa shape index (κ1) is 19.9. The summed E-state index contributed by atoms with van der Waals surface area (Å²) in [5.41, 5.74) is 2.74. The summed E-state index contributed by atoms with van der Waals surface area (Å²) in [5, 5.41) is 0. The van der Waals surface area contributed by atoms with Crippen molar-refractivity contribution in [2.24, 2.45) is 0 Å². The number of nitrogens with zero attached hydrogens (tertiary/aromatic N) is 4. The van der Waals surface area contributed by atoms with Crippen LogP contribution in [0.5, 0.6) is 0 Å². The molecule has 0 amide bonds. The van der Waals surface area contributed by atoms with Gasteiger partial charge in [-0.15, -0.1) is 0 Å². The zero-order chi connectivity index (χ0) is 22.2. The van der Waals surface area contributed by atoms with Gasteiger partial charge in [0, 0.05) is 19.8 Å². The van der Waals surface area contributed by atoms with Gasteiger partial charge >= 0.3 is 11.4 Å². The fourth-order valence-electron chi connectivity index (χ4n) is 4.28. The molecule has 0 spiro atoms. The lowest BCUT2D eigenvalue weighted by Gasteiger charge is -2.27. The number of aromatic nitrogens is 3.